The van der Waals surface area contributed by atoms with Crippen LogP contribution < -0.4 is 11.1 Å². The summed E-state index contributed by atoms with van der Waals surface area (Å²) < 4.78 is 0. The van der Waals surface area contributed by atoms with Crippen LogP contribution >= 0.6 is 0 Å². The van der Waals surface area contributed by atoms with Crippen LogP contribution in [0, 0.1) is 5.92 Å². The Morgan fingerprint density at radius 3 is 2.19 bits per heavy atom. The van der Waals surface area contributed by atoms with Crippen molar-refractivity contribution in [3.05, 3.63) is 29.8 Å². The fourth-order valence-electron chi connectivity index (χ4n) is 1.76. The van der Waals surface area contributed by atoms with Crippen molar-refractivity contribution in [3.63, 3.8) is 0 Å². The number of amides is 1. The van der Waals surface area contributed by atoms with Gasteiger partial charge >= 0.3 is 5.97 Å². The van der Waals surface area contributed by atoms with Crippen molar-refractivity contribution in [2.45, 2.75) is 45.6 Å². The number of anilines is 1. The van der Waals surface area contributed by atoms with Crippen LogP contribution in [0.4, 0.5) is 5.69 Å². The van der Waals surface area contributed by atoms with E-state index < -0.39 is 11.4 Å². The molecule has 0 spiro atoms. The number of nitrogens with two attached hydrogens (primary N) is 1. The molecule has 1 unspecified atom stereocenters. The van der Waals surface area contributed by atoms with E-state index >= 15 is 0 Å². The van der Waals surface area contributed by atoms with Crippen LogP contribution in [0.2, 0.25) is 0 Å². The van der Waals surface area contributed by atoms with Gasteiger partial charge < -0.3 is 16.2 Å². The molecule has 0 aliphatic heterocycles. The third-order valence-electron chi connectivity index (χ3n) is 3.70. The second kappa shape index (κ2) is 6.72. The van der Waals surface area contributed by atoms with Crippen LogP contribution in [-0.2, 0) is 15.0 Å². The average molecular weight is 292 g/mol. The predicted molar refractivity (Wildman–Crippen MR) is 83.2 cm³/mol. The van der Waals surface area contributed by atoms with Gasteiger partial charge in [0.25, 0.3) is 0 Å². The van der Waals surface area contributed by atoms with Gasteiger partial charge in [0.15, 0.2) is 0 Å². The highest BCUT2D eigenvalue weighted by molar-refractivity contribution is 5.91. The highest BCUT2D eigenvalue weighted by Gasteiger charge is 2.29. The Morgan fingerprint density at radius 1 is 1.24 bits per heavy atom. The molecule has 0 fully saturated rings. The monoisotopic (exact) mass is 292 g/mol. The van der Waals surface area contributed by atoms with Gasteiger partial charge in [-0.3, -0.25) is 9.59 Å². The molecule has 1 rings (SSSR count). The number of carboxylic acid groups (broad SMARTS) is 1. The lowest BCUT2D eigenvalue weighted by atomic mass is 9.85. The lowest BCUT2D eigenvalue weighted by Gasteiger charge is -2.20. The Kier molecular flexibility index (Phi) is 5.49. The lowest BCUT2D eigenvalue weighted by Crippen LogP contribution is -2.31. The van der Waals surface area contributed by atoms with E-state index in [0.29, 0.717) is 11.3 Å². The zero-order chi connectivity index (χ0) is 16.2. The van der Waals surface area contributed by atoms with Gasteiger partial charge in [0.2, 0.25) is 5.91 Å². The third-order valence-corrected chi connectivity index (χ3v) is 3.70. The summed E-state index contributed by atoms with van der Waals surface area (Å²) in [6, 6.07) is 6.67. The smallest absolute Gasteiger partial charge is 0.313 e. The molecule has 116 valence electrons. The Hall–Kier alpha value is -1.88. The van der Waals surface area contributed by atoms with E-state index in [2.05, 4.69) is 5.32 Å². The second-order valence-electron chi connectivity index (χ2n) is 6.17. The minimum Gasteiger partial charge on any atom is -0.481 e. The van der Waals surface area contributed by atoms with Gasteiger partial charge in [-0.25, -0.2) is 0 Å². The standard InChI is InChI=1S/C16H24N2O3/c1-10(2)13(17)9-14(19)18-12-7-5-11(6-8-12)16(3,4)15(20)21/h5-8,10,13H,9,17H2,1-4H3,(H,18,19)(H,20,21). The van der Waals surface area contributed by atoms with Crippen molar-refractivity contribution >= 4 is 17.6 Å². The zero-order valence-corrected chi connectivity index (χ0v) is 13.0. The van der Waals surface area contributed by atoms with Crippen molar-refractivity contribution < 1.29 is 14.7 Å². The molecule has 4 N–H and O–H groups in total. The maximum absolute atomic E-state index is 11.8. The fraction of sp³-hybridized carbons (Fsp3) is 0.500. The largest absolute Gasteiger partial charge is 0.481 e. The van der Waals surface area contributed by atoms with E-state index in [1.54, 1.807) is 38.1 Å². The maximum Gasteiger partial charge on any atom is 0.313 e. The number of aliphatic carboxylic acids is 1. The highest BCUT2D eigenvalue weighted by atomic mass is 16.4. The Bertz CT molecular complexity index is 507. The van der Waals surface area contributed by atoms with E-state index in [-0.39, 0.29) is 24.3 Å². The molecular formula is C16H24N2O3. The van der Waals surface area contributed by atoms with Crippen molar-refractivity contribution in [3.8, 4) is 0 Å². The van der Waals surface area contributed by atoms with Gasteiger partial charge in [0.05, 0.1) is 5.41 Å². The molecule has 0 aromatic heterocycles. The van der Waals surface area contributed by atoms with E-state index in [1.807, 2.05) is 13.8 Å². The minimum atomic E-state index is -0.956. The summed E-state index contributed by atoms with van der Waals surface area (Å²) in [5.74, 6) is -0.780. The number of carboxylic acids is 1. The molecule has 0 heterocycles. The Balaban J connectivity index is 2.71. The van der Waals surface area contributed by atoms with E-state index in [4.69, 9.17) is 5.73 Å². The van der Waals surface area contributed by atoms with Crippen molar-refractivity contribution in [1.82, 2.24) is 0 Å². The van der Waals surface area contributed by atoms with Crippen LogP contribution in [0.3, 0.4) is 0 Å². The highest BCUT2D eigenvalue weighted by Crippen LogP contribution is 2.24. The number of rotatable bonds is 6. The average Bonchev–Trinajstić information content (AvgIpc) is 2.38. The first-order valence-electron chi connectivity index (χ1n) is 7.04. The molecular weight excluding hydrogens is 268 g/mol. The molecule has 0 saturated carbocycles. The lowest BCUT2D eigenvalue weighted by molar-refractivity contribution is -0.142. The van der Waals surface area contributed by atoms with Crippen LogP contribution in [-0.4, -0.2) is 23.0 Å². The maximum atomic E-state index is 11.8. The summed E-state index contributed by atoms with van der Waals surface area (Å²) in [5, 5.41) is 11.9. The molecule has 0 aliphatic rings. The topological polar surface area (TPSA) is 92.4 Å². The van der Waals surface area contributed by atoms with Crippen LogP contribution in [0.1, 0.15) is 39.7 Å². The van der Waals surface area contributed by atoms with Gasteiger partial charge in [-0.1, -0.05) is 26.0 Å². The van der Waals surface area contributed by atoms with E-state index in [9.17, 15) is 14.7 Å². The number of carbonyl (C=O) groups excluding carboxylic acids is 1. The third kappa shape index (κ3) is 4.56. The Morgan fingerprint density at radius 2 is 1.76 bits per heavy atom. The molecule has 1 aromatic rings. The molecule has 0 saturated heterocycles. The van der Waals surface area contributed by atoms with Gasteiger partial charge in [-0.15, -0.1) is 0 Å². The van der Waals surface area contributed by atoms with E-state index in [1.165, 1.54) is 0 Å². The van der Waals surface area contributed by atoms with Gasteiger partial charge in [0.1, 0.15) is 0 Å². The number of hydrogen-bond donors (Lipinski definition) is 3. The van der Waals surface area contributed by atoms with Crippen LogP contribution in [0.25, 0.3) is 0 Å². The number of hydrogen-bond acceptors (Lipinski definition) is 3. The summed E-state index contributed by atoms with van der Waals surface area (Å²) in [6.07, 6.45) is 0.264. The number of benzene rings is 1. The normalized spacial score (nSPS) is 13.0. The quantitative estimate of drug-likeness (QED) is 0.750. The molecule has 0 bridgehead atoms. The summed E-state index contributed by atoms with van der Waals surface area (Å²) in [7, 11) is 0. The summed E-state index contributed by atoms with van der Waals surface area (Å²) >= 11 is 0. The molecule has 1 aromatic carbocycles. The molecule has 0 radical (unpaired) electrons. The molecule has 1 amide bonds. The molecule has 21 heavy (non-hydrogen) atoms. The zero-order valence-electron chi connectivity index (χ0n) is 13.0. The first-order chi connectivity index (χ1) is 9.64. The summed E-state index contributed by atoms with van der Waals surface area (Å²) in [6.45, 7) is 7.23. The predicted octanol–water partition coefficient (Wildman–Crippen LogP) is 2.36. The second-order valence-corrected chi connectivity index (χ2v) is 6.17. The van der Waals surface area contributed by atoms with Gasteiger partial charge in [0, 0.05) is 18.2 Å². The first-order valence-corrected chi connectivity index (χ1v) is 7.04. The van der Waals surface area contributed by atoms with Crippen LogP contribution in [0.15, 0.2) is 24.3 Å². The number of nitrogens with one attached hydrogen (secondary N) is 1. The van der Waals surface area contributed by atoms with Crippen molar-refractivity contribution in [1.29, 1.82) is 0 Å². The number of carbonyl (C=O) groups is 2. The first kappa shape index (κ1) is 17.2. The fourth-order valence-corrected chi connectivity index (χ4v) is 1.76. The minimum absolute atomic E-state index is 0.138. The molecule has 0 aliphatic carbocycles. The van der Waals surface area contributed by atoms with Crippen molar-refractivity contribution in [2.24, 2.45) is 11.7 Å². The molecule has 5 nitrogen and oxygen atoms in total. The van der Waals surface area contributed by atoms with Gasteiger partial charge in [-0.05, 0) is 37.5 Å². The van der Waals surface area contributed by atoms with Crippen LogP contribution in [0.5, 0.6) is 0 Å². The van der Waals surface area contributed by atoms with E-state index in [0.717, 1.165) is 0 Å². The summed E-state index contributed by atoms with van der Waals surface area (Å²) in [4.78, 5) is 23.0. The Labute approximate surface area is 125 Å². The SMILES string of the molecule is CC(C)C(N)CC(=O)Nc1ccc(C(C)(C)C(=O)O)cc1. The van der Waals surface area contributed by atoms with Crippen molar-refractivity contribution in [2.75, 3.05) is 5.32 Å². The van der Waals surface area contributed by atoms with Gasteiger partial charge in [-0.2, -0.15) is 0 Å². The molecule has 5 heteroatoms. The summed E-state index contributed by atoms with van der Waals surface area (Å²) in [5.41, 5.74) is 6.23. The molecule has 1 atom stereocenters.